The fourth-order valence-electron chi connectivity index (χ4n) is 3.06. The molecule has 0 aliphatic rings. The van der Waals surface area contributed by atoms with Crippen LogP contribution in [0.4, 0.5) is 11.5 Å². The van der Waals surface area contributed by atoms with Gasteiger partial charge in [-0.05, 0) is 66.3 Å². The van der Waals surface area contributed by atoms with Gasteiger partial charge in [0.25, 0.3) is 5.91 Å². The molecule has 7 heteroatoms. The van der Waals surface area contributed by atoms with E-state index in [9.17, 15) is 13.2 Å². The molecule has 6 nitrogen and oxygen atoms in total. The second-order valence-electron chi connectivity index (χ2n) is 7.94. The number of carbonyl (C=O) groups is 1. The van der Waals surface area contributed by atoms with Gasteiger partial charge in [-0.3, -0.25) is 9.52 Å². The fraction of sp³-hybridized carbons (Fsp3) is 0.250. The zero-order valence-corrected chi connectivity index (χ0v) is 19.0. The van der Waals surface area contributed by atoms with E-state index in [2.05, 4.69) is 28.9 Å². The van der Waals surface area contributed by atoms with Gasteiger partial charge in [0.1, 0.15) is 5.82 Å². The minimum atomic E-state index is -3.68. The fourth-order valence-corrected chi connectivity index (χ4v) is 4.20. The molecule has 3 rings (SSSR count). The Balaban J connectivity index is 1.70. The van der Waals surface area contributed by atoms with E-state index in [0.717, 1.165) is 16.7 Å². The molecule has 0 atom stereocenters. The summed E-state index contributed by atoms with van der Waals surface area (Å²) in [5.41, 5.74) is 5.03. The molecular weight excluding hydrogens is 410 g/mol. The maximum atomic E-state index is 12.6. The topological polar surface area (TPSA) is 88.2 Å². The van der Waals surface area contributed by atoms with Crippen molar-refractivity contribution in [2.75, 3.05) is 10.0 Å². The van der Waals surface area contributed by atoms with E-state index >= 15 is 0 Å². The van der Waals surface area contributed by atoms with E-state index < -0.39 is 10.0 Å². The van der Waals surface area contributed by atoms with Crippen molar-refractivity contribution in [3.8, 4) is 0 Å². The average molecular weight is 438 g/mol. The van der Waals surface area contributed by atoms with Crippen molar-refractivity contribution < 1.29 is 13.2 Å². The van der Waals surface area contributed by atoms with E-state index in [1.54, 1.807) is 6.07 Å². The first-order chi connectivity index (χ1) is 14.6. The second-order valence-corrected chi connectivity index (χ2v) is 9.66. The number of amides is 1. The molecule has 1 aromatic heterocycles. The minimum Gasteiger partial charge on any atom is -0.322 e. The van der Waals surface area contributed by atoms with Crippen molar-refractivity contribution in [3.63, 3.8) is 0 Å². The molecule has 1 amide bonds. The predicted molar refractivity (Wildman–Crippen MR) is 125 cm³/mol. The maximum Gasteiger partial charge on any atom is 0.255 e. The van der Waals surface area contributed by atoms with Crippen LogP contribution in [0.3, 0.4) is 0 Å². The third-order valence-corrected chi connectivity index (χ3v) is 6.28. The zero-order valence-electron chi connectivity index (χ0n) is 18.1. The molecule has 0 saturated heterocycles. The van der Waals surface area contributed by atoms with Crippen LogP contribution >= 0.6 is 0 Å². The predicted octanol–water partition coefficient (Wildman–Crippen LogP) is 5.02. The second kappa shape index (κ2) is 9.31. The number of nitrogens with zero attached hydrogens (tertiary/aromatic N) is 1. The van der Waals surface area contributed by atoms with Crippen molar-refractivity contribution >= 4 is 27.4 Å². The summed E-state index contributed by atoms with van der Waals surface area (Å²) in [5.74, 6) is -0.0286. The summed E-state index contributed by atoms with van der Waals surface area (Å²) >= 11 is 0. The Morgan fingerprint density at radius 3 is 2.32 bits per heavy atom. The molecule has 0 aliphatic heterocycles. The number of hydrogen-bond donors (Lipinski definition) is 2. The van der Waals surface area contributed by atoms with Crippen LogP contribution in [0.25, 0.3) is 0 Å². The Labute approximate surface area is 183 Å². The highest BCUT2D eigenvalue weighted by atomic mass is 32.2. The van der Waals surface area contributed by atoms with Gasteiger partial charge < -0.3 is 5.32 Å². The van der Waals surface area contributed by atoms with Crippen molar-refractivity contribution in [1.29, 1.82) is 0 Å². The molecule has 0 saturated carbocycles. The summed E-state index contributed by atoms with van der Waals surface area (Å²) in [6, 6.07) is 16.1. The first kappa shape index (κ1) is 22.5. The lowest BCUT2D eigenvalue weighted by Gasteiger charge is -2.11. The Morgan fingerprint density at radius 2 is 1.68 bits per heavy atom. The number of pyridine rings is 1. The molecule has 1 heterocycles. The number of benzene rings is 2. The molecule has 162 valence electrons. The van der Waals surface area contributed by atoms with Gasteiger partial charge >= 0.3 is 0 Å². The van der Waals surface area contributed by atoms with Crippen LogP contribution in [-0.2, 0) is 15.8 Å². The maximum absolute atomic E-state index is 12.6. The van der Waals surface area contributed by atoms with Crippen LogP contribution in [0, 0.1) is 13.8 Å². The van der Waals surface area contributed by atoms with Crippen molar-refractivity contribution in [2.24, 2.45) is 0 Å². The zero-order chi connectivity index (χ0) is 22.6. The van der Waals surface area contributed by atoms with Crippen LogP contribution in [0.1, 0.15) is 52.4 Å². The number of carbonyl (C=O) groups excluding carboxylic acids is 1. The molecule has 3 aromatic rings. The number of hydrogen-bond acceptors (Lipinski definition) is 4. The Kier molecular flexibility index (Phi) is 6.75. The third-order valence-electron chi connectivity index (χ3n) is 5.05. The Hall–Kier alpha value is -3.19. The highest BCUT2D eigenvalue weighted by Crippen LogP contribution is 2.18. The third kappa shape index (κ3) is 6.15. The summed E-state index contributed by atoms with van der Waals surface area (Å²) in [6.45, 7) is 8.14. The monoisotopic (exact) mass is 437 g/mol. The molecular formula is C24H27N3O3S. The normalized spacial score (nSPS) is 11.4. The van der Waals surface area contributed by atoms with E-state index in [0.29, 0.717) is 22.7 Å². The highest BCUT2D eigenvalue weighted by molar-refractivity contribution is 7.91. The number of aryl methyl sites for hydroxylation is 2. The highest BCUT2D eigenvalue weighted by Gasteiger charge is 2.15. The molecule has 2 N–H and O–H groups in total. The van der Waals surface area contributed by atoms with Gasteiger partial charge in [0.15, 0.2) is 0 Å². The first-order valence-electron chi connectivity index (χ1n) is 10.1. The van der Waals surface area contributed by atoms with Crippen molar-refractivity contribution in [3.05, 3.63) is 88.6 Å². The van der Waals surface area contributed by atoms with Gasteiger partial charge in [-0.2, -0.15) is 0 Å². The SMILES string of the molecule is Cc1ccc(NC(=O)c2ccnc(NS(=O)(=O)Cc3ccc(C(C)C)cc3)c2)cc1C. The molecule has 2 aromatic carbocycles. The van der Waals surface area contributed by atoms with E-state index in [1.165, 1.54) is 12.3 Å². The average Bonchev–Trinajstić information content (AvgIpc) is 2.70. The van der Waals surface area contributed by atoms with E-state index in [4.69, 9.17) is 0 Å². The van der Waals surface area contributed by atoms with Crippen molar-refractivity contribution in [2.45, 2.75) is 39.4 Å². The standard InChI is InChI=1S/C24H27N3O3S/c1-16(2)20-8-6-19(7-9-20)15-31(29,30)27-23-14-21(11-12-25-23)24(28)26-22-10-5-17(3)18(4)13-22/h5-14,16H,15H2,1-4H3,(H,25,27)(H,26,28). The lowest BCUT2D eigenvalue weighted by molar-refractivity contribution is 0.102. The lowest BCUT2D eigenvalue weighted by Crippen LogP contribution is -2.17. The van der Waals surface area contributed by atoms with Gasteiger partial charge in [0, 0.05) is 17.4 Å². The summed E-state index contributed by atoms with van der Waals surface area (Å²) in [4.78, 5) is 16.6. The Morgan fingerprint density at radius 1 is 0.968 bits per heavy atom. The molecule has 0 bridgehead atoms. The van der Waals surface area contributed by atoms with Gasteiger partial charge in [-0.15, -0.1) is 0 Å². The quantitative estimate of drug-likeness (QED) is 0.543. The smallest absolute Gasteiger partial charge is 0.255 e. The molecule has 31 heavy (non-hydrogen) atoms. The van der Waals surface area contributed by atoms with Crippen LogP contribution in [0.2, 0.25) is 0 Å². The molecule has 0 radical (unpaired) electrons. The van der Waals surface area contributed by atoms with Gasteiger partial charge in [0.05, 0.1) is 5.75 Å². The number of anilines is 2. The minimum absolute atomic E-state index is 0.103. The van der Waals surface area contributed by atoms with Crippen LogP contribution in [-0.4, -0.2) is 19.3 Å². The van der Waals surface area contributed by atoms with Crippen LogP contribution in [0.15, 0.2) is 60.8 Å². The molecule has 0 aliphatic carbocycles. The Bertz CT molecular complexity index is 1190. The summed E-state index contributed by atoms with van der Waals surface area (Å²) < 4.78 is 27.6. The van der Waals surface area contributed by atoms with Crippen LogP contribution < -0.4 is 10.0 Å². The molecule has 0 unspecified atom stereocenters. The summed E-state index contributed by atoms with van der Waals surface area (Å²) in [7, 11) is -3.68. The number of aromatic nitrogens is 1. The number of rotatable bonds is 7. The van der Waals surface area contributed by atoms with Crippen molar-refractivity contribution in [1.82, 2.24) is 4.98 Å². The van der Waals surface area contributed by atoms with Gasteiger partial charge in [-0.1, -0.05) is 44.2 Å². The number of sulfonamides is 1. The van der Waals surface area contributed by atoms with Crippen LogP contribution in [0.5, 0.6) is 0 Å². The van der Waals surface area contributed by atoms with Gasteiger partial charge in [0.2, 0.25) is 10.0 Å². The summed E-state index contributed by atoms with van der Waals surface area (Å²) in [6.07, 6.45) is 1.41. The molecule has 0 fully saturated rings. The van der Waals surface area contributed by atoms with Gasteiger partial charge in [-0.25, -0.2) is 13.4 Å². The lowest BCUT2D eigenvalue weighted by atomic mass is 10.0. The van der Waals surface area contributed by atoms with E-state index in [1.807, 2.05) is 56.3 Å². The first-order valence-corrected chi connectivity index (χ1v) is 11.7. The largest absolute Gasteiger partial charge is 0.322 e. The summed E-state index contributed by atoms with van der Waals surface area (Å²) in [5, 5.41) is 2.83. The number of nitrogens with one attached hydrogen (secondary N) is 2. The molecule has 0 spiro atoms. The van der Waals surface area contributed by atoms with E-state index in [-0.39, 0.29) is 17.5 Å².